The molecular formula is C17H19FN2O2S. The van der Waals surface area contributed by atoms with Gasteiger partial charge >= 0.3 is 0 Å². The summed E-state index contributed by atoms with van der Waals surface area (Å²) in [7, 11) is -3.64. The molecule has 0 saturated heterocycles. The van der Waals surface area contributed by atoms with Crippen molar-refractivity contribution in [1.82, 2.24) is 0 Å². The Labute approximate surface area is 135 Å². The summed E-state index contributed by atoms with van der Waals surface area (Å²) in [5, 5.41) is -0.843. The highest BCUT2D eigenvalue weighted by molar-refractivity contribution is 7.92. The molecule has 2 aromatic rings. The van der Waals surface area contributed by atoms with Crippen molar-refractivity contribution in [1.29, 1.82) is 0 Å². The highest BCUT2D eigenvalue weighted by Gasteiger charge is 2.68. The first-order chi connectivity index (χ1) is 10.8. The zero-order valence-electron chi connectivity index (χ0n) is 12.7. The van der Waals surface area contributed by atoms with E-state index in [0.29, 0.717) is 5.56 Å². The van der Waals surface area contributed by atoms with E-state index < -0.39 is 32.4 Å². The standard InChI is InChI=1S/C17H19FN2O2S/c1-11-5-7-14(8-6-11)23(21,22)16-15(17(16,20)10-19)12-3-2-4-13(18)9-12/h2-9,15-16H,10,19-20H2,1H3/t15-,16+,17-/m0/s1. The van der Waals surface area contributed by atoms with Crippen LogP contribution >= 0.6 is 0 Å². The Balaban J connectivity index is 2.03. The van der Waals surface area contributed by atoms with Crippen LogP contribution in [0.4, 0.5) is 4.39 Å². The van der Waals surface area contributed by atoms with Crippen LogP contribution in [0.15, 0.2) is 53.4 Å². The molecule has 1 saturated carbocycles. The molecule has 0 aromatic heterocycles. The first kappa shape index (κ1) is 16.1. The summed E-state index contributed by atoms with van der Waals surface area (Å²) < 4.78 is 39.3. The summed E-state index contributed by atoms with van der Waals surface area (Å²) in [5.41, 5.74) is 12.5. The van der Waals surface area contributed by atoms with Crippen LogP contribution in [-0.4, -0.2) is 25.8 Å². The van der Waals surface area contributed by atoms with Crippen molar-refractivity contribution in [3.8, 4) is 0 Å². The van der Waals surface area contributed by atoms with Gasteiger partial charge in [-0.25, -0.2) is 12.8 Å². The van der Waals surface area contributed by atoms with Crippen molar-refractivity contribution >= 4 is 9.84 Å². The third kappa shape index (κ3) is 2.56. The van der Waals surface area contributed by atoms with E-state index in [9.17, 15) is 12.8 Å². The molecule has 0 spiro atoms. The summed E-state index contributed by atoms with van der Waals surface area (Å²) in [4.78, 5) is 0.218. The molecule has 0 unspecified atom stereocenters. The molecule has 1 aliphatic carbocycles. The van der Waals surface area contributed by atoms with Crippen LogP contribution in [0.5, 0.6) is 0 Å². The Morgan fingerprint density at radius 2 is 1.83 bits per heavy atom. The van der Waals surface area contributed by atoms with Crippen LogP contribution in [0.2, 0.25) is 0 Å². The maximum absolute atomic E-state index is 13.5. The summed E-state index contributed by atoms with van der Waals surface area (Å²) in [6.45, 7) is 1.90. The predicted octanol–water partition coefficient (Wildman–Crippen LogP) is 1.73. The van der Waals surface area contributed by atoms with E-state index in [1.54, 1.807) is 36.4 Å². The number of hydrogen-bond donors (Lipinski definition) is 2. The van der Waals surface area contributed by atoms with E-state index in [1.807, 2.05) is 6.92 Å². The smallest absolute Gasteiger partial charge is 0.183 e. The van der Waals surface area contributed by atoms with Crippen LogP contribution < -0.4 is 11.5 Å². The molecule has 0 heterocycles. The van der Waals surface area contributed by atoms with Crippen LogP contribution in [0.25, 0.3) is 0 Å². The molecule has 6 heteroatoms. The lowest BCUT2D eigenvalue weighted by Gasteiger charge is -2.09. The van der Waals surface area contributed by atoms with Crippen LogP contribution in [0.1, 0.15) is 17.0 Å². The second-order valence-electron chi connectivity index (χ2n) is 6.13. The Bertz CT molecular complexity index is 836. The fourth-order valence-electron chi connectivity index (χ4n) is 3.19. The molecule has 3 rings (SSSR count). The summed E-state index contributed by atoms with van der Waals surface area (Å²) in [5.74, 6) is -0.922. The van der Waals surface area contributed by atoms with Gasteiger partial charge in [-0.1, -0.05) is 29.8 Å². The van der Waals surface area contributed by atoms with Crippen molar-refractivity contribution in [3.05, 3.63) is 65.5 Å². The quantitative estimate of drug-likeness (QED) is 0.891. The lowest BCUT2D eigenvalue weighted by atomic mass is 10.1. The fourth-order valence-corrected chi connectivity index (χ4v) is 5.51. The van der Waals surface area contributed by atoms with Crippen molar-refractivity contribution in [3.63, 3.8) is 0 Å². The van der Waals surface area contributed by atoms with Gasteiger partial charge in [-0.3, -0.25) is 0 Å². The average molecular weight is 334 g/mol. The minimum absolute atomic E-state index is 0.0178. The van der Waals surface area contributed by atoms with Gasteiger partial charge in [0.05, 0.1) is 15.7 Å². The molecule has 0 radical (unpaired) electrons. The zero-order valence-corrected chi connectivity index (χ0v) is 13.6. The highest BCUT2D eigenvalue weighted by atomic mass is 32.2. The van der Waals surface area contributed by atoms with Gasteiger partial charge in [0.25, 0.3) is 0 Å². The highest BCUT2D eigenvalue weighted by Crippen LogP contribution is 2.55. The molecule has 1 fully saturated rings. The molecule has 3 atom stereocenters. The normalized spacial score (nSPS) is 27.0. The second-order valence-corrected chi connectivity index (χ2v) is 8.20. The average Bonchev–Trinajstić information content (AvgIpc) is 3.15. The van der Waals surface area contributed by atoms with E-state index in [-0.39, 0.29) is 11.4 Å². The maximum atomic E-state index is 13.5. The third-order valence-corrected chi connectivity index (χ3v) is 6.86. The molecule has 1 aliphatic rings. The molecule has 122 valence electrons. The molecule has 0 aliphatic heterocycles. The van der Waals surface area contributed by atoms with Gasteiger partial charge in [0.1, 0.15) is 5.82 Å². The van der Waals surface area contributed by atoms with E-state index in [2.05, 4.69) is 0 Å². The van der Waals surface area contributed by atoms with E-state index in [4.69, 9.17) is 11.5 Å². The van der Waals surface area contributed by atoms with Gasteiger partial charge in [0, 0.05) is 12.5 Å². The lowest BCUT2D eigenvalue weighted by molar-refractivity contribution is 0.586. The van der Waals surface area contributed by atoms with Crippen molar-refractivity contribution in [2.45, 2.75) is 28.5 Å². The first-order valence-electron chi connectivity index (χ1n) is 7.35. The summed E-state index contributed by atoms with van der Waals surface area (Å²) >= 11 is 0. The number of benzene rings is 2. The van der Waals surface area contributed by atoms with Gasteiger partial charge in [0.2, 0.25) is 0 Å². The lowest BCUT2D eigenvalue weighted by Crippen LogP contribution is -2.39. The summed E-state index contributed by atoms with van der Waals surface area (Å²) in [6, 6.07) is 12.5. The predicted molar refractivity (Wildman–Crippen MR) is 87.3 cm³/mol. The third-order valence-electron chi connectivity index (χ3n) is 4.55. The van der Waals surface area contributed by atoms with Crippen LogP contribution in [0, 0.1) is 12.7 Å². The van der Waals surface area contributed by atoms with Gasteiger partial charge in [-0.05, 0) is 36.8 Å². The maximum Gasteiger partial charge on any atom is 0.183 e. The van der Waals surface area contributed by atoms with Crippen molar-refractivity contribution in [2.75, 3.05) is 6.54 Å². The van der Waals surface area contributed by atoms with Crippen molar-refractivity contribution < 1.29 is 12.8 Å². The zero-order chi connectivity index (χ0) is 16.8. The molecule has 4 N–H and O–H groups in total. The number of halogens is 1. The largest absolute Gasteiger partial charge is 0.329 e. The Morgan fingerprint density at radius 3 is 2.39 bits per heavy atom. The van der Waals surface area contributed by atoms with Crippen LogP contribution in [0.3, 0.4) is 0 Å². The molecule has 4 nitrogen and oxygen atoms in total. The number of rotatable bonds is 4. The topological polar surface area (TPSA) is 86.2 Å². The monoisotopic (exact) mass is 334 g/mol. The Kier molecular flexibility index (Phi) is 3.78. The van der Waals surface area contributed by atoms with Gasteiger partial charge < -0.3 is 11.5 Å². The minimum Gasteiger partial charge on any atom is -0.329 e. The molecule has 23 heavy (non-hydrogen) atoms. The first-order valence-corrected chi connectivity index (χ1v) is 8.90. The van der Waals surface area contributed by atoms with E-state index in [1.165, 1.54) is 12.1 Å². The molecule has 0 amide bonds. The van der Waals surface area contributed by atoms with Gasteiger partial charge in [-0.15, -0.1) is 0 Å². The number of hydrogen-bond acceptors (Lipinski definition) is 4. The summed E-state index contributed by atoms with van der Waals surface area (Å²) in [6.07, 6.45) is 0. The molecule has 0 bridgehead atoms. The van der Waals surface area contributed by atoms with Crippen LogP contribution in [-0.2, 0) is 9.84 Å². The van der Waals surface area contributed by atoms with E-state index in [0.717, 1.165) is 5.56 Å². The number of aryl methyl sites for hydroxylation is 1. The van der Waals surface area contributed by atoms with Gasteiger partial charge in [-0.2, -0.15) is 0 Å². The fraction of sp³-hybridized carbons (Fsp3) is 0.294. The van der Waals surface area contributed by atoms with E-state index >= 15 is 0 Å². The SMILES string of the molecule is Cc1ccc(S(=O)(=O)[C@@H]2[C@H](c3cccc(F)c3)[C@@]2(N)CN)cc1. The van der Waals surface area contributed by atoms with Gasteiger partial charge in [0.15, 0.2) is 9.84 Å². The molecule has 2 aromatic carbocycles. The Hall–Kier alpha value is -1.76. The van der Waals surface area contributed by atoms with Crippen molar-refractivity contribution in [2.24, 2.45) is 11.5 Å². The second kappa shape index (κ2) is 5.40. The molecular weight excluding hydrogens is 315 g/mol. The number of nitrogens with two attached hydrogens (primary N) is 2. The number of sulfone groups is 1. The Morgan fingerprint density at radius 1 is 1.17 bits per heavy atom. The minimum atomic E-state index is -3.64.